The van der Waals surface area contributed by atoms with Crippen molar-refractivity contribution >= 4 is 23.6 Å². The number of carboxylic acids is 1. The number of nitrogens with one attached hydrogen (secondary N) is 1. The minimum absolute atomic E-state index is 0.0875. The van der Waals surface area contributed by atoms with Gasteiger partial charge in [0.2, 0.25) is 5.91 Å². The molecule has 2 fully saturated rings. The van der Waals surface area contributed by atoms with E-state index in [-0.39, 0.29) is 17.9 Å². The van der Waals surface area contributed by atoms with E-state index in [0.29, 0.717) is 25.2 Å². The Balaban J connectivity index is 1.99. The second-order valence-corrected chi connectivity index (χ2v) is 5.86. The summed E-state index contributed by atoms with van der Waals surface area (Å²) in [6.45, 7) is 2.32. The van der Waals surface area contributed by atoms with E-state index in [1.165, 1.54) is 0 Å². The number of hydrogen-bond donors (Lipinski definition) is 2. The highest BCUT2D eigenvalue weighted by Crippen LogP contribution is 2.29. The summed E-state index contributed by atoms with van der Waals surface area (Å²) in [4.78, 5) is 23.3. The molecular weight excluding hydrogens is 242 g/mol. The van der Waals surface area contributed by atoms with Crippen LogP contribution >= 0.6 is 11.8 Å². The maximum absolute atomic E-state index is 12.0. The molecule has 6 heteroatoms. The summed E-state index contributed by atoms with van der Waals surface area (Å²) in [5.41, 5.74) is -1.06. The molecule has 0 radical (unpaired) electrons. The zero-order chi connectivity index (χ0) is 12.5. The number of hydrogen-bond acceptors (Lipinski definition) is 4. The summed E-state index contributed by atoms with van der Waals surface area (Å²) < 4.78 is 5.33. The summed E-state index contributed by atoms with van der Waals surface area (Å²) in [6.07, 6.45) is 1.26. The van der Waals surface area contributed by atoms with Gasteiger partial charge in [0.25, 0.3) is 0 Å². The van der Waals surface area contributed by atoms with Crippen LogP contribution in [-0.4, -0.2) is 46.7 Å². The Kier molecular flexibility index (Phi) is 3.63. The van der Waals surface area contributed by atoms with Gasteiger partial charge in [0.05, 0.1) is 18.6 Å². The number of carboxylic acid groups (broad SMARTS) is 1. The molecule has 0 saturated carbocycles. The van der Waals surface area contributed by atoms with Crippen LogP contribution in [-0.2, 0) is 14.3 Å². The summed E-state index contributed by atoms with van der Waals surface area (Å²) in [5, 5.41) is 12.0. The van der Waals surface area contributed by atoms with Gasteiger partial charge >= 0.3 is 5.97 Å². The maximum Gasteiger partial charge on any atom is 0.330 e. The predicted molar refractivity (Wildman–Crippen MR) is 64.0 cm³/mol. The smallest absolute Gasteiger partial charge is 0.330 e. The summed E-state index contributed by atoms with van der Waals surface area (Å²) in [6, 6.07) is 0. The van der Waals surface area contributed by atoms with Crippen LogP contribution in [0.1, 0.15) is 19.8 Å². The fourth-order valence-corrected chi connectivity index (χ4v) is 3.55. The van der Waals surface area contributed by atoms with Crippen molar-refractivity contribution in [2.45, 2.75) is 31.4 Å². The first-order chi connectivity index (χ1) is 8.03. The van der Waals surface area contributed by atoms with Crippen molar-refractivity contribution in [3.8, 4) is 0 Å². The first-order valence-electron chi connectivity index (χ1n) is 5.78. The molecule has 0 aromatic carbocycles. The minimum atomic E-state index is -1.06. The highest BCUT2D eigenvalue weighted by molar-refractivity contribution is 7.99. The molecule has 1 amide bonds. The zero-order valence-electron chi connectivity index (χ0n) is 9.77. The molecule has 2 rings (SSSR count). The van der Waals surface area contributed by atoms with Crippen LogP contribution in [0, 0.1) is 5.92 Å². The zero-order valence-corrected chi connectivity index (χ0v) is 10.6. The van der Waals surface area contributed by atoms with E-state index < -0.39 is 11.5 Å². The lowest BCUT2D eigenvalue weighted by molar-refractivity contribution is -0.147. The van der Waals surface area contributed by atoms with Gasteiger partial charge in [-0.2, -0.15) is 11.8 Å². The first-order valence-corrected chi connectivity index (χ1v) is 6.94. The normalized spacial score (nSPS) is 37.0. The van der Waals surface area contributed by atoms with Gasteiger partial charge in [-0.15, -0.1) is 0 Å². The molecule has 3 atom stereocenters. The third-order valence-corrected chi connectivity index (χ3v) is 4.55. The molecule has 0 aromatic heterocycles. The summed E-state index contributed by atoms with van der Waals surface area (Å²) in [5.74, 6) is -0.0738. The molecule has 5 nitrogen and oxygen atoms in total. The topological polar surface area (TPSA) is 75.6 Å². The Hall–Kier alpha value is -0.750. The lowest BCUT2D eigenvalue weighted by Crippen LogP contribution is -2.56. The molecule has 17 heavy (non-hydrogen) atoms. The lowest BCUT2D eigenvalue weighted by atomic mass is 9.96. The average Bonchev–Trinajstić information content (AvgIpc) is 2.87. The Morgan fingerprint density at radius 2 is 2.29 bits per heavy atom. The van der Waals surface area contributed by atoms with Gasteiger partial charge in [0.15, 0.2) is 0 Å². The molecular formula is C11H17NO4S. The molecule has 0 aliphatic carbocycles. The van der Waals surface area contributed by atoms with Gasteiger partial charge in [-0.05, 0) is 25.5 Å². The van der Waals surface area contributed by atoms with E-state index >= 15 is 0 Å². The van der Waals surface area contributed by atoms with E-state index in [1.54, 1.807) is 11.8 Å². The quantitative estimate of drug-likeness (QED) is 0.771. The van der Waals surface area contributed by atoms with Crippen molar-refractivity contribution in [1.82, 2.24) is 5.32 Å². The third kappa shape index (κ3) is 2.57. The average molecular weight is 259 g/mol. The van der Waals surface area contributed by atoms with Crippen LogP contribution in [0.2, 0.25) is 0 Å². The summed E-state index contributed by atoms with van der Waals surface area (Å²) >= 11 is 1.57. The largest absolute Gasteiger partial charge is 0.479 e. The molecule has 2 N–H and O–H groups in total. The number of ether oxygens (including phenoxy) is 1. The monoisotopic (exact) mass is 259 g/mol. The Labute approximate surface area is 104 Å². The van der Waals surface area contributed by atoms with Gasteiger partial charge in [0, 0.05) is 5.75 Å². The van der Waals surface area contributed by atoms with Crippen LogP contribution in [0.5, 0.6) is 0 Å². The van der Waals surface area contributed by atoms with E-state index in [4.69, 9.17) is 4.74 Å². The number of amides is 1. The van der Waals surface area contributed by atoms with E-state index in [9.17, 15) is 14.7 Å². The third-order valence-electron chi connectivity index (χ3n) is 3.36. The van der Waals surface area contributed by atoms with Gasteiger partial charge in [-0.25, -0.2) is 4.79 Å². The Bertz CT molecular complexity index is 327. The predicted octanol–water partition coefficient (Wildman–Crippen LogP) is 0.488. The van der Waals surface area contributed by atoms with Crippen molar-refractivity contribution in [2.75, 3.05) is 18.1 Å². The maximum atomic E-state index is 12.0. The second kappa shape index (κ2) is 4.86. The van der Waals surface area contributed by atoms with Gasteiger partial charge in [0.1, 0.15) is 5.54 Å². The molecule has 0 spiro atoms. The van der Waals surface area contributed by atoms with Crippen LogP contribution in [0.15, 0.2) is 0 Å². The number of carbonyl (C=O) groups excluding carboxylic acids is 1. The highest BCUT2D eigenvalue weighted by Gasteiger charge is 2.44. The van der Waals surface area contributed by atoms with Crippen LogP contribution in [0.25, 0.3) is 0 Å². The van der Waals surface area contributed by atoms with E-state index in [2.05, 4.69) is 5.32 Å². The SMILES string of the molecule is CC1CC(C(=O)NC2(C(=O)O)CCSC2)CO1. The Morgan fingerprint density at radius 3 is 2.76 bits per heavy atom. The molecule has 0 bridgehead atoms. The van der Waals surface area contributed by atoms with E-state index in [0.717, 1.165) is 5.75 Å². The van der Waals surface area contributed by atoms with Crippen LogP contribution in [0.3, 0.4) is 0 Å². The number of carbonyl (C=O) groups is 2. The van der Waals surface area contributed by atoms with E-state index in [1.807, 2.05) is 6.92 Å². The van der Waals surface area contributed by atoms with Crippen LogP contribution < -0.4 is 5.32 Å². The van der Waals surface area contributed by atoms with Gasteiger partial charge in [-0.3, -0.25) is 4.79 Å². The fraction of sp³-hybridized carbons (Fsp3) is 0.818. The van der Waals surface area contributed by atoms with Crippen molar-refractivity contribution < 1.29 is 19.4 Å². The van der Waals surface area contributed by atoms with Crippen molar-refractivity contribution in [1.29, 1.82) is 0 Å². The fourth-order valence-electron chi connectivity index (χ4n) is 2.22. The molecule has 0 aromatic rings. The molecule has 96 valence electrons. The van der Waals surface area contributed by atoms with Crippen molar-refractivity contribution in [2.24, 2.45) is 5.92 Å². The molecule has 3 unspecified atom stereocenters. The van der Waals surface area contributed by atoms with Gasteiger partial charge < -0.3 is 15.2 Å². The number of thioether (sulfide) groups is 1. The molecule has 2 saturated heterocycles. The van der Waals surface area contributed by atoms with Crippen LogP contribution in [0.4, 0.5) is 0 Å². The number of aliphatic carboxylic acids is 1. The first kappa shape index (κ1) is 12.7. The van der Waals surface area contributed by atoms with Crippen molar-refractivity contribution in [3.63, 3.8) is 0 Å². The molecule has 2 aliphatic heterocycles. The van der Waals surface area contributed by atoms with Crippen molar-refractivity contribution in [3.05, 3.63) is 0 Å². The Morgan fingerprint density at radius 1 is 1.53 bits per heavy atom. The summed E-state index contributed by atoms with van der Waals surface area (Å²) in [7, 11) is 0. The molecule has 2 heterocycles. The minimum Gasteiger partial charge on any atom is -0.479 e. The lowest BCUT2D eigenvalue weighted by Gasteiger charge is -2.25. The number of rotatable bonds is 3. The standard InChI is InChI=1S/C11H17NO4S/c1-7-4-8(5-16-7)9(13)12-11(10(14)15)2-3-17-6-11/h7-8H,2-6H2,1H3,(H,12,13)(H,14,15). The highest BCUT2D eigenvalue weighted by atomic mass is 32.2. The molecule has 2 aliphatic rings. The van der Waals surface area contributed by atoms with Gasteiger partial charge in [-0.1, -0.05) is 0 Å². The second-order valence-electron chi connectivity index (χ2n) is 4.76.